The summed E-state index contributed by atoms with van der Waals surface area (Å²) < 4.78 is 14.3. The number of nitrogens with one attached hydrogen (secondary N) is 1. The highest BCUT2D eigenvalue weighted by atomic mass is 19.1. The fourth-order valence-electron chi connectivity index (χ4n) is 2.98. The van der Waals surface area contributed by atoms with Crippen LogP contribution in [0.15, 0.2) is 41.3 Å². The molecule has 0 atom stereocenters. The third kappa shape index (κ3) is 4.79. The smallest absolute Gasteiger partial charge is 0.268 e. The monoisotopic (exact) mass is 345 g/mol. The van der Waals surface area contributed by atoms with Crippen LogP contribution in [0.3, 0.4) is 0 Å². The van der Waals surface area contributed by atoms with Crippen LogP contribution in [0.1, 0.15) is 6.42 Å². The van der Waals surface area contributed by atoms with Crippen LogP contribution < -0.4 is 15.8 Å². The number of nitrogens with zero attached hydrogens (tertiary/aromatic N) is 4. The standard InChI is InChI=1S/C18H24FN5O/c1-22-18(25)13-16(14-21-22)20-7-2-8-23-9-11-24(12-10-23)17-5-3-15(19)4-6-17/h3-6,13-14,20H,2,7-12H2,1H3. The predicted molar refractivity (Wildman–Crippen MR) is 97.6 cm³/mol. The second kappa shape index (κ2) is 8.11. The molecule has 0 saturated carbocycles. The molecule has 0 amide bonds. The maximum atomic E-state index is 13.0. The van der Waals surface area contributed by atoms with Crippen LogP contribution in [0.5, 0.6) is 0 Å². The molecule has 1 aliphatic rings. The number of piperazine rings is 1. The molecule has 1 aromatic heterocycles. The quantitative estimate of drug-likeness (QED) is 0.805. The number of hydrogen-bond acceptors (Lipinski definition) is 5. The van der Waals surface area contributed by atoms with Crippen LogP contribution in [0.4, 0.5) is 15.8 Å². The van der Waals surface area contributed by atoms with Crippen LogP contribution in [0.2, 0.25) is 0 Å². The van der Waals surface area contributed by atoms with E-state index < -0.39 is 0 Å². The topological polar surface area (TPSA) is 53.4 Å². The number of hydrogen-bond donors (Lipinski definition) is 1. The van der Waals surface area contributed by atoms with Crippen LogP contribution in [0.25, 0.3) is 0 Å². The Bertz CT molecular complexity index is 738. The van der Waals surface area contributed by atoms with Crippen LogP contribution in [-0.2, 0) is 7.05 Å². The highest BCUT2D eigenvalue weighted by molar-refractivity contribution is 5.46. The van der Waals surface area contributed by atoms with Crippen LogP contribution in [-0.4, -0.2) is 53.9 Å². The van der Waals surface area contributed by atoms with Crippen molar-refractivity contribution in [3.05, 3.63) is 52.7 Å². The molecular formula is C18H24FN5O. The van der Waals surface area contributed by atoms with E-state index in [-0.39, 0.29) is 11.4 Å². The first-order chi connectivity index (χ1) is 12.1. The SMILES string of the molecule is Cn1ncc(NCCCN2CCN(c3ccc(F)cc3)CC2)cc1=O. The van der Waals surface area contributed by atoms with Gasteiger partial charge in [-0.1, -0.05) is 0 Å². The molecule has 0 radical (unpaired) electrons. The number of benzene rings is 1. The second-order valence-electron chi connectivity index (χ2n) is 6.29. The average Bonchev–Trinajstić information content (AvgIpc) is 2.63. The van der Waals surface area contributed by atoms with Gasteiger partial charge in [0.25, 0.3) is 5.56 Å². The summed E-state index contributed by atoms with van der Waals surface area (Å²) >= 11 is 0. The molecule has 1 fully saturated rings. The van der Waals surface area contributed by atoms with Crippen molar-refractivity contribution >= 4 is 11.4 Å². The van der Waals surface area contributed by atoms with Gasteiger partial charge >= 0.3 is 0 Å². The van der Waals surface area contributed by atoms with Gasteiger partial charge in [0.1, 0.15) is 5.82 Å². The zero-order chi connectivity index (χ0) is 17.6. The lowest BCUT2D eigenvalue weighted by Crippen LogP contribution is -2.46. The van der Waals surface area contributed by atoms with Crippen molar-refractivity contribution in [2.45, 2.75) is 6.42 Å². The van der Waals surface area contributed by atoms with Gasteiger partial charge in [0.05, 0.1) is 11.9 Å². The first-order valence-electron chi connectivity index (χ1n) is 8.62. The molecule has 1 N–H and O–H groups in total. The van der Waals surface area contributed by atoms with Gasteiger partial charge in [-0.15, -0.1) is 0 Å². The minimum atomic E-state index is -0.193. The largest absolute Gasteiger partial charge is 0.384 e. The van der Waals surface area contributed by atoms with Gasteiger partial charge in [0.15, 0.2) is 0 Å². The van der Waals surface area contributed by atoms with Gasteiger partial charge in [0.2, 0.25) is 0 Å². The van der Waals surface area contributed by atoms with E-state index in [0.717, 1.165) is 57.1 Å². The summed E-state index contributed by atoms with van der Waals surface area (Å²) in [5, 5.41) is 7.24. The molecule has 2 aromatic rings. The van der Waals surface area contributed by atoms with Gasteiger partial charge < -0.3 is 10.2 Å². The number of aromatic nitrogens is 2. The summed E-state index contributed by atoms with van der Waals surface area (Å²) in [6.45, 7) is 5.75. The molecule has 0 unspecified atom stereocenters. The van der Waals surface area contributed by atoms with Crippen molar-refractivity contribution in [1.82, 2.24) is 14.7 Å². The predicted octanol–water partition coefficient (Wildman–Crippen LogP) is 1.54. The molecule has 0 spiro atoms. The van der Waals surface area contributed by atoms with E-state index in [1.165, 1.54) is 16.8 Å². The number of rotatable bonds is 6. The number of anilines is 2. The molecule has 6 nitrogen and oxygen atoms in total. The molecule has 1 aliphatic heterocycles. The maximum Gasteiger partial charge on any atom is 0.268 e. The first kappa shape index (κ1) is 17.4. The van der Waals surface area contributed by atoms with Gasteiger partial charge in [-0.05, 0) is 37.2 Å². The number of aryl methyl sites for hydroxylation is 1. The van der Waals surface area contributed by atoms with Crippen molar-refractivity contribution in [3.8, 4) is 0 Å². The Morgan fingerprint density at radius 2 is 1.88 bits per heavy atom. The van der Waals surface area contributed by atoms with Gasteiger partial charge in [-0.2, -0.15) is 5.10 Å². The fraction of sp³-hybridized carbons (Fsp3) is 0.444. The Labute approximate surface area is 146 Å². The molecule has 25 heavy (non-hydrogen) atoms. The van der Waals surface area contributed by atoms with E-state index >= 15 is 0 Å². The Morgan fingerprint density at radius 3 is 2.56 bits per heavy atom. The average molecular weight is 345 g/mol. The van der Waals surface area contributed by atoms with Crippen LogP contribution in [0, 0.1) is 5.82 Å². The Morgan fingerprint density at radius 1 is 1.16 bits per heavy atom. The van der Waals surface area contributed by atoms with Gasteiger partial charge in [-0.25, -0.2) is 9.07 Å². The Kier molecular flexibility index (Phi) is 5.65. The highest BCUT2D eigenvalue weighted by Crippen LogP contribution is 2.16. The van der Waals surface area contributed by atoms with Crippen molar-refractivity contribution in [1.29, 1.82) is 0 Å². The summed E-state index contributed by atoms with van der Waals surface area (Å²) in [6, 6.07) is 8.27. The lowest BCUT2D eigenvalue weighted by Gasteiger charge is -2.36. The van der Waals surface area contributed by atoms with Gasteiger partial charge in [-0.3, -0.25) is 9.69 Å². The minimum Gasteiger partial charge on any atom is -0.384 e. The van der Waals surface area contributed by atoms with Crippen molar-refractivity contribution in [2.75, 3.05) is 49.5 Å². The maximum absolute atomic E-state index is 13.0. The Balaban J connectivity index is 1.37. The van der Waals surface area contributed by atoms with E-state index in [2.05, 4.69) is 20.2 Å². The summed E-state index contributed by atoms with van der Waals surface area (Å²) in [6.07, 6.45) is 2.68. The lowest BCUT2D eigenvalue weighted by atomic mass is 10.2. The lowest BCUT2D eigenvalue weighted by molar-refractivity contribution is 0.257. The van der Waals surface area contributed by atoms with Gasteiger partial charge in [0, 0.05) is 51.5 Å². The van der Waals surface area contributed by atoms with Crippen LogP contribution >= 0.6 is 0 Å². The van der Waals surface area contributed by atoms with E-state index in [9.17, 15) is 9.18 Å². The van der Waals surface area contributed by atoms with E-state index in [0.29, 0.717) is 0 Å². The van der Waals surface area contributed by atoms with E-state index in [1.54, 1.807) is 19.3 Å². The second-order valence-corrected chi connectivity index (χ2v) is 6.29. The normalized spacial score (nSPS) is 15.4. The van der Waals surface area contributed by atoms with E-state index in [4.69, 9.17) is 0 Å². The zero-order valence-electron chi connectivity index (χ0n) is 14.5. The highest BCUT2D eigenvalue weighted by Gasteiger charge is 2.16. The molecule has 7 heteroatoms. The molecule has 1 aromatic carbocycles. The molecule has 0 aliphatic carbocycles. The van der Waals surface area contributed by atoms with Crippen molar-refractivity contribution in [2.24, 2.45) is 7.05 Å². The molecular weight excluding hydrogens is 321 g/mol. The summed E-state index contributed by atoms with van der Waals surface area (Å²) in [7, 11) is 1.64. The summed E-state index contributed by atoms with van der Waals surface area (Å²) in [4.78, 5) is 16.2. The molecule has 2 heterocycles. The minimum absolute atomic E-state index is 0.109. The van der Waals surface area contributed by atoms with Crippen molar-refractivity contribution in [3.63, 3.8) is 0 Å². The summed E-state index contributed by atoms with van der Waals surface area (Å²) in [5.74, 6) is -0.193. The fourth-order valence-corrected chi connectivity index (χ4v) is 2.98. The van der Waals surface area contributed by atoms with Crippen molar-refractivity contribution < 1.29 is 4.39 Å². The molecule has 1 saturated heterocycles. The van der Waals surface area contributed by atoms with E-state index in [1.807, 2.05) is 12.1 Å². The zero-order valence-corrected chi connectivity index (χ0v) is 14.5. The Hall–Kier alpha value is -2.41. The molecule has 3 rings (SSSR count). The molecule has 0 bridgehead atoms. The first-order valence-corrected chi connectivity index (χ1v) is 8.62. The third-order valence-corrected chi connectivity index (χ3v) is 4.51. The summed E-state index contributed by atoms with van der Waals surface area (Å²) in [5.41, 5.74) is 1.74. The third-order valence-electron chi connectivity index (χ3n) is 4.51. The molecule has 134 valence electrons. The number of halogens is 1.